The van der Waals surface area contributed by atoms with E-state index in [1.807, 2.05) is 29.6 Å². The Balaban J connectivity index is 1.49. The highest BCUT2D eigenvalue weighted by Gasteiger charge is 2.38. The highest BCUT2D eigenvalue weighted by molar-refractivity contribution is 7.13. The molecule has 0 aliphatic heterocycles. The van der Waals surface area contributed by atoms with Gasteiger partial charge in [-0.25, -0.2) is 4.98 Å². The first-order valence-corrected chi connectivity index (χ1v) is 11.8. The summed E-state index contributed by atoms with van der Waals surface area (Å²) in [6.45, 7) is 3.75. The molecule has 2 aliphatic carbocycles. The summed E-state index contributed by atoms with van der Waals surface area (Å²) in [7, 11) is 0. The molecule has 1 heterocycles. The van der Waals surface area contributed by atoms with Crippen LogP contribution in [-0.4, -0.2) is 22.2 Å². The van der Waals surface area contributed by atoms with Gasteiger partial charge in [-0.1, -0.05) is 56.9 Å². The minimum absolute atomic E-state index is 0.00986. The van der Waals surface area contributed by atoms with E-state index in [2.05, 4.69) is 17.2 Å². The number of nitrogens with zero attached hydrogens (tertiary/aromatic N) is 1. The lowest BCUT2D eigenvalue weighted by Gasteiger charge is -2.41. The van der Waals surface area contributed by atoms with Crippen LogP contribution >= 0.6 is 11.3 Å². The molecule has 1 aromatic carbocycles. The zero-order valence-corrected chi connectivity index (χ0v) is 18.2. The van der Waals surface area contributed by atoms with Gasteiger partial charge in [-0.3, -0.25) is 9.59 Å². The maximum absolute atomic E-state index is 13.0. The van der Waals surface area contributed by atoms with Crippen LogP contribution < -0.4 is 5.32 Å². The van der Waals surface area contributed by atoms with Crippen molar-refractivity contribution in [3.05, 3.63) is 40.9 Å². The summed E-state index contributed by atoms with van der Waals surface area (Å²) < 4.78 is 0. The summed E-state index contributed by atoms with van der Waals surface area (Å²) in [6.07, 6.45) is 9.73. The van der Waals surface area contributed by atoms with Crippen molar-refractivity contribution in [2.75, 3.05) is 0 Å². The summed E-state index contributed by atoms with van der Waals surface area (Å²) in [4.78, 5) is 29.6. The van der Waals surface area contributed by atoms with Crippen LogP contribution in [0.5, 0.6) is 0 Å². The summed E-state index contributed by atoms with van der Waals surface area (Å²) in [5, 5.41) is 5.90. The van der Waals surface area contributed by atoms with E-state index in [-0.39, 0.29) is 17.2 Å². The molecule has 154 valence electrons. The molecule has 0 radical (unpaired) electrons. The lowest BCUT2D eigenvalue weighted by Crippen LogP contribution is -2.51. The number of hydrogen-bond donors (Lipinski definition) is 1. The highest BCUT2D eigenvalue weighted by Crippen LogP contribution is 2.43. The molecule has 2 unspecified atom stereocenters. The quantitative estimate of drug-likeness (QED) is 0.580. The lowest BCUT2D eigenvalue weighted by atomic mass is 9.72. The molecule has 2 aliphatic rings. The predicted molar refractivity (Wildman–Crippen MR) is 117 cm³/mol. The Bertz CT molecular complexity index is 902. The first-order valence-electron chi connectivity index (χ1n) is 10.9. The van der Waals surface area contributed by atoms with Gasteiger partial charge >= 0.3 is 0 Å². The third-order valence-electron chi connectivity index (χ3n) is 6.64. The standard InChI is InChI=1S/C24H30N2O2S/c1-3-24(12-6-7-18(14-24)13-17-10-11-17)26-22(28)21-15-29-23(25-21)20-9-5-4-8-19(20)16(2)27/h4-5,8-9,15,17-18H,3,6-7,10-14H2,1-2H3,(H,26,28). The van der Waals surface area contributed by atoms with Crippen LogP contribution in [0.2, 0.25) is 0 Å². The molecule has 4 nitrogen and oxygen atoms in total. The van der Waals surface area contributed by atoms with Gasteiger partial charge in [-0.2, -0.15) is 0 Å². The van der Waals surface area contributed by atoms with Crippen molar-refractivity contribution in [2.45, 2.75) is 70.8 Å². The van der Waals surface area contributed by atoms with Crippen LogP contribution in [0.25, 0.3) is 10.6 Å². The van der Waals surface area contributed by atoms with Gasteiger partial charge in [0.15, 0.2) is 5.78 Å². The summed E-state index contributed by atoms with van der Waals surface area (Å²) in [5.74, 6) is 1.60. The van der Waals surface area contributed by atoms with Crippen LogP contribution in [0, 0.1) is 11.8 Å². The maximum atomic E-state index is 13.0. The van der Waals surface area contributed by atoms with Crippen molar-refractivity contribution in [3.8, 4) is 10.6 Å². The number of nitrogens with one attached hydrogen (secondary N) is 1. The Hall–Kier alpha value is -2.01. The normalized spacial score (nSPS) is 24.3. The number of aromatic nitrogens is 1. The minimum Gasteiger partial charge on any atom is -0.345 e. The van der Waals surface area contributed by atoms with E-state index in [0.29, 0.717) is 11.3 Å². The zero-order valence-electron chi connectivity index (χ0n) is 17.4. The number of Topliss-reactive ketones (excluding diaryl/α,β-unsaturated/α-hetero) is 1. The second kappa shape index (κ2) is 8.39. The van der Waals surface area contributed by atoms with Gasteiger partial charge < -0.3 is 5.32 Å². The fourth-order valence-corrected chi connectivity index (χ4v) is 5.66. The number of ketones is 1. The van der Waals surface area contributed by atoms with Crippen molar-refractivity contribution >= 4 is 23.0 Å². The Morgan fingerprint density at radius 2 is 2.00 bits per heavy atom. The van der Waals surface area contributed by atoms with E-state index in [1.165, 1.54) is 43.4 Å². The number of thiazole rings is 1. The Kier molecular flexibility index (Phi) is 5.86. The van der Waals surface area contributed by atoms with E-state index in [9.17, 15) is 9.59 Å². The fraction of sp³-hybridized carbons (Fsp3) is 0.542. The molecule has 1 N–H and O–H groups in total. The molecule has 0 spiro atoms. The van der Waals surface area contributed by atoms with Crippen molar-refractivity contribution in [1.29, 1.82) is 0 Å². The molecule has 5 heteroatoms. The molecular formula is C24H30N2O2S. The first-order chi connectivity index (χ1) is 14.0. The van der Waals surface area contributed by atoms with Crippen LogP contribution in [0.15, 0.2) is 29.6 Å². The van der Waals surface area contributed by atoms with E-state index >= 15 is 0 Å². The summed E-state index contributed by atoms with van der Waals surface area (Å²) in [5.41, 5.74) is 1.81. The van der Waals surface area contributed by atoms with E-state index < -0.39 is 0 Å². The number of carbonyl (C=O) groups is 2. The molecule has 2 aromatic rings. The van der Waals surface area contributed by atoms with Gasteiger partial charge in [0, 0.05) is 22.0 Å². The largest absolute Gasteiger partial charge is 0.345 e. The molecule has 1 amide bonds. The second-order valence-corrected chi connectivity index (χ2v) is 9.73. The maximum Gasteiger partial charge on any atom is 0.271 e. The second-order valence-electron chi connectivity index (χ2n) is 8.87. The Labute approximate surface area is 177 Å². The predicted octanol–water partition coefficient (Wildman–Crippen LogP) is 5.88. The van der Waals surface area contributed by atoms with Gasteiger partial charge in [-0.05, 0) is 44.4 Å². The van der Waals surface area contributed by atoms with Crippen LogP contribution in [0.4, 0.5) is 0 Å². The van der Waals surface area contributed by atoms with Gasteiger partial charge in [0.25, 0.3) is 5.91 Å². The Morgan fingerprint density at radius 3 is 2.72 bits per heavy atom. The smallest absolute Gasteiger partial charge is 0.271 e. The van der Waals surface area contributed by atoms with Gasteiger partial charge in [0.2, 0.25) is 0 Å². The zero-order chi connectivity index (χ0) is 20.4. The van der Waals surface area contributed by atoms with Crippen LogP contribution in [-0.2, 0) is 0 Å². The average molecular weight is 411 g/mol. The average Bonchev–Trinajstić information content (AvgIpc) is 3.39. The molecule has 2 saturated carbocycles. The number of amides is 1. The fourth-order valence-electron chi connectivity index (χ4n) is 4.82. The van der Waals surface area contributed by atoms with E-state index in [0.717, 1.165) is 41.7 Å². The monoisotopic (exact) mass is 410 g/mol. The van der Waals surface area contributed by atoms with Crippen molar-refractivity contribution in [2.24, 2.45) is 11.8 Å². The molecular weight excluding hydrogens is 380 g/mol. The highest BCUT2D eigenvalue weighted by atomic mass is 32.1. The third kappa shape index (κ3) is 4.61. The van der Waals surface area contributed by atoms with Crippen molar-refractivity contribution in [3.63, 3.8) is 0 Å². The number of carbonyl (C=O) groups excluding carboxylic acids is 2. The minimum atomic E-state index is -0.101. The molecule has 2 atom stereocenters. The Morgan fingerprint density at radius 1 is 1.21 bits per heavy atom. The molecule has 4 rings (SSSR count). The number of hydrogen-bond acceptors (Lipinski definition) is 4. The van der Waals surface area contributed by atoms with Gasteiger partial charge in [-0.15, -0.1) is 11.3 Å². The third-order valence-corrected chi connectivity index (χ3v) is 7.52. The molecule has 2 fully saturated rings. The van der Waals surface area contributed by atoms with E-state index in [1.54, 1.807) is 6.92 Å². The SMILES string of the molecule is CCC1(NC(=O)c2csc(-c3ccccc3C(C)=O)n2)CCCC(CC2CC2)C1. The number of benzene rings is 1. The number of rotatable bonds is 7. The first kappa shape index (κ1) is 20.3. The van der Waals surface area contributed by atoms with Crippen LogP contribution in [0.1, 0.15) is 86.1 Å². The van der Waals surface area contributed by atoms with Crippen molar-refractivity contribution in [1.82, 2.24) is 10.3 Å². The van der Waals surface area contributed by atoms with Gasteiger partial charge in [0.1, 0.15) is 10.7 Å². The summed E-state index contributed by atoms with van der Waals surface area (Å²) >= 11 is 1.42. The van der Waals surface area contributed by atoms with E-state index in [4.69, 9.17) is 0 Å². The van der Waals surface area contributed by atoms with Gasteiger partial charge in [0.05, 0.1) is 0 Å². The van der Waals surface area contributed by atoms with Crippen molar-refractivity contribution < 1.29 is 9.59 Å². The summed E-state index contributed by atoms with van der Waals surface area (Å²) in [6, 6.07) is 7.46. The van der Waals surface area contributed by atoms with Crippen LogP contribution in [0.3, 0.4) is 0 Å². The molecule has 0 saturated heterocycles. The molecule has 29 heavy (non-hydrogen) atoms. The topological polar surface area (TPSA) is 59.1 Å². The molecule has 1 aromatic heterocycles. The molecule has 0 bridgehead atoms. The lowest BCUT2D eigenvalue weighted by molar-refractivity contribution is 0.0822.